The molecule has 0 radical (unpaired) electrons. The molecule has 0 heterocycles. The lowest BCUT2D eigenvalue weighted by Crippen LogP contribution is -2.10. The van der Waals surface area contributed by atoms with Gasteiger partial charge < -0.3 is 5.32 Å². The van der Waals surface area contributed by atoms with Crippen molar-refractivity contribution in [2.24, 2.45) is 0 Å². The molecule has 2 rings (SSSR count). The molecule has 2 aromatic rings. The Balaban J connectivity index is 2.25. The zero-order chi connectivity index (χ0) is 15.2. The largest absolute Gasteiger partial charge is 0.378 e. The minimum atomic E-state index is -0.822. The number of nitrogens with zero attached hydrogens (tertiary/aromatic N) is 1. The van der Waals surface area contributed by atoms with Crippen molar-refractivity contribution >= 4 is 11.4 Å². The maximum absolute atomic E-state index is 13.4. The minimum Gasteiger partial charge on any atom is -0.378 e. The summed E-state index contributed by atoms with van der Waals surface area (Å²) in [7, 11) is 0. The van der Waals surface area contributed by atoms with Gasteiger partial charge >= 0.3 is 5.69 Å². The Bertz CT molecular complexity index is 617. The molecule has 0 spiro atoms. The Kier molecular flexibility index (Phi) is 4.87. The third kappa shape index (κ3) is 3.78. The number of hydrogen-bond donors (Lipinski definition) is 1. The van der Waals surface area contributed by atoms with Gasteiger partial charge in [-0.2, -0.15) is 4.39 Å². The SMILES string of the molecule is CCCC(Nc1ccc(F)c([N+](=O)[O-])c1)c1ccccc1. The maximum atomic E-state index is 13.4. The first-order chi connectivity index (χ1) is 10.1. The van der Waals surface area contributed by atoms with Gasteiger partial charge in [0.05, 0.1) is 11.0 Å². The van der Waals surface area contributed by atoms with E-state index < -0.39 is 16.4 Å². The number of anilines is 1. The fourth-order valence-corrected chi connectivity index (χ4v) is 2.24. The van der Waals surface area contributed by atoms with Gasteiger partial charge in [-0.25, -0.2) is 0 Å². The van der Waals surface area contributed by atoms with Gasteiger partial charge in [-0.15, -0.1) is 0 Å². The normalized spacial score (nSPS) is 11.9. The lowest BCUT2D eigenvalue weighted by molar-refractivity contribution is -0.387. The molecule has 1 unspecified atom stereocenters. The quantitative estimate of drug-likeness (QED) is 0.620. The highest BCUT2D eigenvalue weighted by Crippen LogP contribution is 2.27. The molecule has 2 aromatic carbocycles. The van der Waals surface area contributed by atoms with E-state index in [-0.39, 0.29) is 6.04 Å². The van der Waals surface area contributed by atoms with Gasteiger partial charge in [-0.05, 0) is 24.1 Å². The second kappa shape index (κ2) is 6.83. The Hall–Kier alpha value is -2.43. The van der Waals surface area contributed by atoms with E-state index in [0.717, 1.165) is 24.5 Å². The summed E-state index contributed by atoms with van der Waals surface area (Å²) in [5, 5.41) is 14.0. The third-order valence-corrected chi connectivity index (χ3v) is 3.26. The Morgan fingerprint density at radius 3 is 2.57 bits per heavy atom. The van der Waals surface area contributed by atoms with Crippen LogP contribution in [0.25, 0.3) is 0 Å². The summed E-state index contributed by atoms with van der Waals surface area (Å²) in [6.45, 7) is 2.07. The van der Waals surface area contributed by atoms with Crippen molar-refractivity contribution < 1.29 is 9.31 Å². The van der Waals surface area contributed by atoms with Gasteiger partial charge in [-0.3, -0.25) is 10.1 Å². The van der Waals surface area contributed by atoms with Crippen LogP contribution in [0, 0.1) is 15.9 Å². The van der Waals surface area contributed by atoms with E-state index in [0.29, 0.717) is 5.69 Å². The van der Waals surface area contributed by atoms with Gasteiger partial charge in [-0.1, -0.05) is 43.7 Å². The highest BCUT2D eigenvalue weighted by Gasteiger charge is 2.16. The van der Waals surface area contributed by atoms with E-state index in [4.69, 9.17) is 0 Å². The summed E-state index contributed by atoms with van der Waals surface area (Å²) >= 11 is 0. The van der Waals surface area contributed by atoms with E-state index >= 15 is 0 Å². The van der Waals surface area contributed by atoms with E-state index in [1.807, 2.05) is 30.3 Å². The predicted molar refractivity (Wildman–Crippen MR) is 80.8 cm³/mol. The van der Waals surface area contributed by atoms with Crippen molar-refractivity contribution in [2.45, 2.75) is 25.8 Å². The minimum absolute atomic E-state index is 0.0428. The summed E-state index contributed by atoms with van der Waals surface area (Å²) in [4.78, 5) is 10.1. The predicted octanol–water partition coefficient (Wildman–Crippen LogP) is 4.69. The van der Waals surface area contributed by atoms with Crippen molar-refractivity contribution in [3.8, 4) is 0 Å². The van der Waals surface area contributed by atoms with Crippen LogP contribution in [-0.4, -0.2) is 4.92 Å². The number of rotatable bonds is 6. The van der Waals surface area contributed by atoms with Crippen LogP contribution in [0.2, 0.25) is 0 Å². The standard InChI is InChI=1S/C16H17FN2O2/c1-2-6-15(12-7-4-3-5-8-12)18-13-9-10-14(17)16(11-13)19(20)21/h3-5,7-11,15,18H,2,6H2,1H3. The van der Waals surface area contributed by atoms with Crippen molar-refractivity contribution in [1.82, 2.24) is 0 Å². The van der Waals surface area contributed by atoms with Gasteiger partial charge in [0.1, 0.15) is 0 Å². The van der Waals surface area contributed by atoms with Crippen LogP contribution in [0.1, 0.15) is 31.4 Å². The molecule has 1 atom stereocenters. The second-order valence-corrected chi connectivity index (χ2v) is 4.82. The molecular weight excluding hydrogens is 271 g/mol. The molecule has 0 aliphatic heterocycles. The topological polar surface area (TPSA) is 55.2 Å². The highest BCUT2D eigenvalue weighted by molar-refractivity contribution is 5.53. The molecule has 0 aromatic heterocycles. The first-order valence-corrected chi connectivity index (χ1v) is 6.87. The van der Waals surface area contributed by atoms with Crippen molar-refractivity contribution in [2.75, 3.05) is 5.32 Å². The number of nitro benzene ring substituents is 1. The van der Waals surface area contributed by atoms with Crippen molar-refractivity contribution in [1.29, 1.82) is 0 Å². The lowest BCUT2D eigenvalue weighted by Gasteiger charge is -2.19. The molecule has 0 fully saturated rings. The van der Waals surface area contributed by atoms with Crippen LogP contribution >= 0.6 is 0 Å². The zero-order valence-electron chi connectivity index (χ0n) is 11.8. The summed E-state index contributed by atoms with van der Waals surface area (Å²) in [6, 6.07) is 13.8. The zero-order valence-corrected chi connectivity index (χ0v) is 11.8. The first kappa shape index (κ1) is 15.0. The van der Waals surface area contributed by atoms with Gasteiger partial charge in [0.15, 0.2) is 0 Å². The van der Waals surface area contributed by atoms with Crippen molar-refractivity contribution in [3.63, 3.8) is 0 Å². The molecule has 0 saturated heterocycles. The van der Waals surface area contributed by atoms with Crippen LogP contribution in [0.3, 0.4) is 0 Å². The summed E-state index contributed by atoms with van der Waals surface area (Å²) in [5.74, 6) is -0.822. The smallest absolute Gasteiger partial charge is 0.306 e. The third-order valence-electron chi connectivity index (χ3n) is 3.26. The molecule has 21 heavy (non-hydrogen) atoms. The molecule has 0 saturated carbocycles. The number of nitrogens with one attached hydrogen (secondary N) is 1. The molecule has 4 nitrogen and oxygen atoms in total. The van der Waals surface area contributed by atoms with Gasteiger partial charge in [0.25, 0.3) is 0 Å². The number of halogens is 1. The molecule has 0 amide bonds. The molecule has 5 heteroatoms. The van der Waals surface area contributed by atoms with Crippen LogP contribution in [-0.2, 0) is 0 Å². The lowest BCUT2D eigenvalue weighted by atomic mass is 10.0. The van der Waals surface area contributed by atoms with Gasteiger partial charge in [0.2, 0.25) is 5.82 Å². The number of nitro groups is 1. The van der Waals surface area contributed by atoms with E-state index in [1.54, 1.807) is 0 Å². The molecule has 110 valence electrons. The Morgan fingerprint density at radius 1 is 1.24 bits per heavy atom. The fourth-order valence-electron chi connectivity index (χ4n) is 2.24. The number of hydrogen-bond acceptors (Lipinski definition) is 3. The van der Waals surface area contributed by atoms with Crippen LogP contribution in [0.5, 0.6) is 0 Å². The van der Waals surface area contributed by atoms with E-state index in [9.17, 15) is 14.5 Å². The summed E-state index contributed by atoms with van der Waals surface area (Å²) in [6.07, 6.45) is 1.85. The summed E-state index contributed by atoms with van der Waals surface area (Å²) < 4.78 is 13.4. The average Bonchev–Trinajstić information content (AvgIpc) is 2.49. The molecule has 0 aliphatic carbocycles. The molecular formula is C16H17FN2O2. The van der Waals surface area contributed by atoms with Crippen LogP contribution < -0.4 is 5.32 Å². The van der Waals surface area contributed by atoms with Crippen molar-refractivity contribution in [3.05, 3.63) is 70.0 Å². The Labute approximate surface area is 122 Å². The van der Waals surface area contributed by atoms with Gasteiger partial charge in [0, 0.05) is 11.8 Å². The Morgan fingerprint density at radius 2 is 1.95 bits per heavy atom. The highest BCUT2D eigenvalue weighted by atomic mass is 19.1. The maximum Gasteiger partial charge on any atom is 0.306 e. The molecule has 1 N–H and O–H groups in total. The van der Waals surface area contributed by atoms with Crippen LogP contribution in [0.15, 0.2) is 48.5 Å². The number of benzene rings is 2. The fraction of sp³-hybridized carbons (Fsp3) is 0.250. The van der Waals surface area contributed by atoms with Crippen LogP contribution in [0.4, 0.5) is 15.8 Å². The first-order valence-electron chi connectivity index (χ1n) is 6.87. The van der Waals surface area contributed by atoms with E-state index in [1.165, 1.54) is 12.1 Å². The summed E-state index contributed by atoms with van der Waals surface area (Å²) in [5.41, 5.74) is 1.14. The second-order valence-electron chi connectivity index (χ2n) is 4.82. The molecule has 0 bridgehead atoms. The van der Waals surface area contributed by atoms with E-state index in [2.05, 4.69) is 12.2 Å². The monoisotopic (exact) mass is 288 g/mol. The average molecular weight is 288 g/mol. The molecule has 0 aliphatic rings.